The molecule has 0 aliphatic rings. The number of hydrogen-bond donors (Lipinski definition) is 1. The molecule has 4 heteroatoms. The van der Waals surface area contributed by atoms with Gasteiger partial charge in [0, 0.05) is 19.1 Å². The smallest absolute Gasteiger partial charge is 0.253 e. The Kier molecular flexibility index (Phi) is 4.88. The number of aryl methyl sites for hydroxylation is 1. The van der Waals surface area contributed by atoms with Crippen LogP contribution in [-0.4, -0.2) is 17.2 Å². The van der Waals surface area contributed by atoms with E-state index in [1.54, 1.807) is 0 Å². The van der Waals surface area contributed by atoms with Crippen molar-refractivity contribution >= 4 is 34.1 Å². The molecule has 0 bridgehead atoms. The number of para-hydroxylation sites is 1. The number of benzene rings is 1. The first-order valence-electron chi connectivity index (χ1n) is 6.21. The molecule has 1 N–H and O–H groups in total. The molecule has 1 aromatic carbocycles. The third-order valence-electron chi connectivity index (χ3n) is 2.81. The lowest BCUT2D eigenvalue weighted by molar-refractivity contribution is -0.581. The molecule has 0 spiro atoms. The highest BCUT2D eigenvalue weighted by atomic mass is 32.2. The number of hydrogen-bond acceptors (Lipinski definition) is 3. The number of rotatable bonds is 3. The Bertz CT molecular complexity index is 671. The molecule has 0 saturated carbocycles. The normalized spacial score (nSPS) is 11.0. The lowest BCUT2D eigenvalue weighted by Gasteiger charge is -2.03. The second-order valence-electron chi connectivity index (χ2n) is 4.14. The number of nitrogens with one attached hydrogen (secondary N) is 1. The van der Waals surface area contributed by atoms with Gasteiger partial charge < -0.3 is 0 Å². The summed E-state index contributed by atoms with van der Waals surface area (Å²) in [7, 11) is 0. The molecule has 0 fully saturated rings. The molecule has 0 amide bonds. The highest BCUT2D eigenvalue weighted by Gasteiger charge is 2.19. The number of aromatic nitrogens is 1. The zero-order chi connectivity index (χ0) is 14.4. The summed E-state index contributed by atoms with van der Waals surface area (Å²) in [5, 5.41) is 8.36. The van der Waals surface area contributed by atoms with Crippen LogP contribution >= 0.6 is 11.8 Å². The Morgan fingerprint density at radius 2 is 1.85 bits per heavy atom. The van der Waals surface area contributed by atoms with Crippen molar-refractivity contribution in [3.8, 4) is 0 Å². The van der Waals surface area contributed by atoms with Gasteiger partial charge in [-0.3, -0.25) is 5.41 Å². The van der Waals surface area contributed by atoms with Gasteiger partial charge in [0.25, 0.3) is 0 Å². The average Bonchev–Trinajstić information content (AvgIpc) is 2.49. The molecule has 1 aromatic heterocycles. The number of thioether (sulfide) groups is 1. The lowest BCUT2D eigenvalue weighted by Crippen LogP contribution is -2.38. The molecule has 0 radical (unpaired) electrons. The van der Waals surface area contributed by atoms with E-state index >= 15 is 0 Å². The largest absolute Gasteiger partial charge is 0.305 e. The Morgan fingerprint density at radius 3 is 2.45 bits per heavy atom. The summed E-state index contributed by atoms with van der Waals surface area (Å²) in [5.41, 5.74) is 2.57. The van der Waals surface area contributed by atoms with Crippen LogP contribution in [0.2, 0.25) is 0 Å². The van der Waals surface area contributed by atoms with Crippen LogP contribution in [0.5, 0.6) is 0 Å². The maximum Gasteiger partial charge on any atom is 0.305 e. The lowest BCUT2D eigenvalue weighted by atomic mass is 10.3. The van der Waals surface area contributed by atoms with Crippen LogP contribution in [0.3, 0.4) is 0 Å². The molecule has 0 aliphatic heterocycles. The van der Waals surface area contributed by atoms with Crippen molar-refractivity contribution in [3.05, 3.63) is 60.4 Å². The van der Waals surface area contributed by atoms with Crippen molar-refractivity contribution in [2.45, 2.75) is 6.92 Å². The van der Waals surface area contributed by atoms with E-state index in [1.807, 2.05) is 72.5 Å². The van der Waals surface area contributed by atoms with Crippen LogP contribution in [-0.2, 0) is 0 Å². The monoisotopic (exact) mass is 282 g/mol. The Morgan fingerprint density at radius 1 is 1.15 bits per heavy atom. The maximum atomic E-state index is 7.59. The summed E-state index contributed by atoms with van der Waals surface area (Å²) in [6.07, 6.45) is 3.88. The second-order valence-corrected chi connectivity index (χ2v) is 4.94. The molecule has 0 atom stereocenters. The Balaban J connectivity index is 2.48. The first kappa shape index (κ1) is 14.3. The van der Waals surface area contributed by atoms with Gasteiger partial charge in [0.1, 0.15) is 0 Å². The van der Waals surface area contributed by atoms with Gasteiger partial charge >= 0.3 is 5.70 Å². The summed E-state index contributed by atoms with van der Waals surface area (Å²) < 4.78 is 1.92. The summed E-state index contributed by atoms with van der Waals surface area (Å²) >= 11 is 1.51. The van der Waals surface area contributed by atoms with E-state index in [-0.39, 0.29) is 0 Å². The van der Waals surface area contributed by atoms with Gasteiger partial charge in [0.15, 0.2) is 16.9 Å². The average molecular weight is 282 g/mol. The first-order valence-corrected chi connectivity index (χ1v) is 7.44. The molecule has 2 aromatic rings. The van der Waals surface area contributed by atoms with Gasteiger partial charge in [-0.2, -0.15) is 4.57 Å². The highest BCUT2D eigenvalue weighted by molar-refractivity contribution is 8.14. The minimum atomic E-state index is 0.652. The summed E-state index contributed by atoms with van der Waals surface area (Å²) in [6.45, 7) is 2.00. The van der Waals surface area contributed by atoms with Crippen LogP contribution in [0.25, 0.3) is 5.70 Å². The van der Waals surface area contributed by atoms with Gasteiger partial charge in [-0.05, 0) is 18.4 Å². The van der Waals surface area contributed by atoms with E-state index in [4.69, 9.17) is 5.41 Å². The standard InChI is InChI=1S/C16H16N3S/c1-13-8-6-7-11-19(13)15(12-17)16(20-2)18-14-9-4-3-5-10-14/h3-11,17H,1-2H3/q+1. The highest BCUT2D eigenvalue weighted by Crippen LogP contribution is 2.17. The van der Waals surface area contributed by atoms with Crippen molar-refractivity contribution in [3.63, 3.8) is 0 Å². The zero-order valence-electron chi connectivity index (χ0n) is 11.5. The Hall–Kier alpha value is -2.16. The van der Waals surface area contributed by atoms with Gasteiger partial charge in [-0.25, -0.2) is 4.99 Å². The molecular weight excluding hydrogens is 266 g/mol. The minimum absolute atomic E-state index is 0.652. The van der Waals surface area contributed by atoms with Gasteiger partial charge in [0.2, 0.25) is 0 Å². The summed E-state index contributed by atoms with van der Waals surface area (Å²) in [4.78, 5) is 4.60. The van der Waals surface area contributed by atoms with E-state index in [1.165, 1.54) is 11.8 Å². The third-order valence-corrected chi connectivity index (χ3v) is 3.48. The number of aliphatic imine (C=N–C) groups is 1. The molecule has 0 aliphatic carbocycles. The molecule has 100 valence electrons. The van der Waals surface area contributed by atoms with E-state index in [0.717, 1.165) is 16.4 Å². The van der Waals surface area contributed by atoms with Crippen molar-refractivity contribution in [2.24, 2.45) is 4.99 Å². The predicted molar refractivity (Wildman–Crippen MR) is 85.9 cm³/mol. The zero-order valence-corrected chi connectivity index (χ0v) is 12.3. The third kappa shape index (κ3) is 3.23. The van der Waals surface area contributed by atoms with Crippen LogP contribution < -0.4 is 4.57 Å². The topological polar surface area (TPSA) is 40.1 Å². The number of pyridine rings is 1. The quantitative estimate of drug-likeness (QED) is 0.523. The second kappa shape index (κ2) is 6.85. The van der Waals surface area contributed by atoms with Crippen molar-refractivity contribution < 1.29 is 4.57 Å². The van der Waals surface area contributed by atoms with Crippen molar-refractivity contribution in [1.82, 2.24) is 0 Å². The maximum absolute atomic E-state index is 7.59. The van der Waals surface area contributed by atoms with E-state index in [0.29, 0.717) is 5.70 Å². The van der Waals surface area contributed by atoms with E-state index in [9.17, 15) is 0 Å². The first-order chi connectivity index (χ1) is 9.76. The van der Waals surface area contributed by atoms with Crippen LogP contribution in [0.15, 0.2) is 59.7 Å². The SMILES string of the molecule is CSC(=Nc1ccccc1)C(=C=N)[n+]1ccccc1C. The fourth-order valence-corrected chi connectivity index (χ4v) is 2.35. The summed E-state index contributed by atoms with van der Waals surface area (Å²) in [6, 6.07) is 15.7. The van der Waals surface area contributed by atoms with Crippen LogP contribution in [0.4, 0.5) is 5.69 Å². The van der Waals surface area contributed by atoms with E-state index in [2.05, 4.69) is 10.9 Å². The fourth-order valence-electron chi connectivity index (χ4n) is 1.81. The molecule has 2 rings (SSSR count). The molecule has 3 nitrogen and oxygen atoms in total. The predicted octanol–water partition coefficient (Wildman–Crippen LogP) is 3.47. The fraction of sp³-hybridized carbons (Fsp3) is 0.125. The van der Waals surface area contributed by atoms with Crippen LogP contribution in [0.1, 0.15) is 5.69 Å². The van der Waals surface area contributed by atoms with Gasteiger partial charge in [-0.1, -0.05) is 24.3 Å². The molecular formula is C16H16N3S+. The van der Waals surface area contributed by atoms with Crippen molar-refractivity contribution in [2.75, 3.05) is 6.26 Å². The molecule has 1 heterocycles. The molecule has 0 unspecified atom stereocenters. The van der Waals surface area contributed by atoms with Crippen molar-refractivity contribution in [1.29, 1.82) is 5.41 Å². The number of nitrogens with zero attached hydrogens (tertiary/aromatic N) is 2. The van der Waals surface area contributed by atoms with Crippen LogP contribution in [0, 0.1) is 12.3 Å². The van der Waals surface area contributed by atoms with Gasteiger partial charge in [0.05, 0.1) is 11.6 Å². The molecule has 0 saturated heterocycles. The molecule has 20 heavy (non-hydrogen) atoms. The van der Waals surface area contributed by atoms with E-state index < -0.39 is 0 Å². The minimum Gasteiger partial charge on any atom is -0.253 e. The van der Waals surface area contributed by atoms with Gasteiger partial charge in [-0.15, -0.1) is 11.8 Å². The summed E-state index contributed by atoms with van der Waals surface area (Å²) in [5.74, 6) is 2.51. The Labute approximate surface area is 123 Å².